The number of hydrogen-bond donors (Lipinski definition) is 3. The lowest BCUT2D eigenvalue weighted by atomic mass is 9.78. The topological polar surface area (TPSA) is 89.9 Å². The highest BCUT2D eigenvalue weighted by molar-refractivity contribution is 5.82. The van der Waals surface area contributed by atoms with Crippen LogP contribution < -0.4 is 5.43 Å². The minimum atomic E-state index is -0.242. The number of aromatic hydroxyl groups is 2. The fraction of sp³-hybridized carbons (Fsp3) is 0.600. The molecule has 0 saturated heterocycles. The average Bonchev–Trinajstić information content (AvgIpc) is 2.79. The number of benzene rings is 2. The Balaban J connectivity index is 2.10. The fourth-order valence-electron chi connectivity index (χ4n) is 4.95. The summed E-state index contributed by atoms with van der Waals surface area (Å²) in [6, 6.07) is 7.96. The second kappa shape index (κ2) is 12.1. The molecule has 0 bridgehead atoms. The van der Waals surface area contributed by atoms with Gasteiger partial charge in [0, 0.05) is 19.9 Å². The Labute approximate surface area is 248 Å². The molecule has 6 nitrogen and oxygen atoms in total. The predicted molar refractivity (Wildman–Crippen MR) is 169 cm³/mol. The minimum Gasteiger partial charge on any atom is -0.507 e. The number of hydrazine groups is 1. The van der Waals surface area contributed by atoms with Crippen molar-refractivity contribution < 1.29 is 19.8 Å². The first-order valence-corrected chi connectivity index (χ1v) is 14.7. The van der Waals surface area contributed by atoms with Crippen molar-refractivity contribution in [3.63, 3.8) is 0 Å². The summed E-state index contributed by atoms with van der Waals surface area (Å²) in [7, 11) is 1.58. The van der Waals surface area contributed by atoms with Gasteiger partial charge in [-0.15, -0.1) is 0 Å². The standard InChI is InChI=1S/C35H54N2O4/c1-32(2,3)24-18-22(19-25(30(24)40)33(4,5)6)14-16-28(38)36-37(13)29(39)17-15-23-20-26(34(7,8)9)31(41)27(21-23)35(10,11)12/h18-21,40-41H,14-17H2,1-13H3,(H,36,38). The maximum atomic E-state index is 12.9. The second-order valence-electron chi connectivity index (χ2n) is 15.6. The molecule has 2 amide bonds. The van der Waals surface area contributed by atoms with Crippen LogP contribution in [0, 0.1) is 0 Å². The third kappa shape index (κ3) is 8.98. The first kappa shape index (κ1) is 34.2. The van der Waals surface area contributed by atoms with Crippen molar-refractivity contribution >= 4 is 11.8 Å². The monoisotopic (exact) mass is 566 g/mol. The molecule has 0 spiro atoms. The quantitative estimate of drug-likeness (QED) is 0.319. The highest BCUT2D eigenvalue weighted by atomic mass is 16.3. The summed E-state index contributed by atoms with van der Waals surface area (Å²) in [6.07, 6.45) is 1.46. The molecule has 0 radical (unpaired) electrons. The predicted octanol–water partition coefficient (Wildman–Crippen LogP) is 7.34. The van der Waals surface area contributed by atoms with Gasteiger partial charge in [-0.1, -0.05) is 107 Å². The van der Waals surface area contributed by atoms with Crippen molar-refractivity contribution in [1.29, 1.82) is 0 Å². The van der Waals surface area contributed by atoms with E-state index < -0.39 is 0 Å². The van der Waals surface area contributed by atoms with Gasteiger partial charge in [0.2, 0.25) is 11.8 Å². The summed E-state index contributed by atoms with van der Waals surface area (Å²) < 4.78 is 0. The molecule has 0 atom stereocenters. The highest BCUT2D eigenvalue weighted by Gasteiger charge is 2.28. The molecule has 2 aromatic carbocycles. The van der Waals surface area contributed by atoms with Crippen LogP contribution in [0.4, 0.5) is 0 Å². The van der Waals surface area contributed by atoms with Gasteiger partial charge in [-0.05, 0) is 67.9 Å². The number of phenolic OH excluding ortho intramolecular Hbond substituents is 2. The van der Waals surface area contributed by atoms with Gasteiger partial charge in [0.25, 0.3) is 0 Å². The minimum absolute atomic E-state index is 0.185. The average molecular weight is 567 g/mol. The van der Waals surface area contributed by atoms with Crippen molar-refractivity contribution in [2.24, 2.45) is 0 Å². The van der Waals surface area contributed by atoms with E-state index in [9.17, 15) is 19.8 Å². The van der Waals surface area contributed by atoms with E-state index in [1.165, 1.54) is 5.01 Å². The van der Waals surface area contributed by atoms with Crippen LogP contribution >= 0.6 is 0 Å². The summed E-state index contributed by atoms with van der Waals surface area (Å²) in [5.41, 5.74) is 7.20. The van der Waals surface area contributed by atoms with Crippen LogP contribution in [0.15, 0.2) is 24.3 Å². The van der Waals surface area contributed by atoms with Crippen LogP contribution in [-0.2, 0) is 44.1 Å². The maximum absolute atomic E-state index is 12.9. The number of carbonyl (C=O) groups is 2. The molecule has 2 aromatic rings. The van der Waals surface area contributed by atoms with E-state index in [1.807, 2.05) is 24.3 Å². The Morgan fingerprint density at radius 3 is 1.20 bits per heavy atom. The SMILES string of the molecule is CN(NC(=O)CCc1cc(C(C)(C)C)c(O)c(C(C)(C)C)c1)C(=O)CCc1cc(C(C)(C)C)c(O)c(C(C)(C)C)c1. The van der Waals surface area contributed by atoms with Crippen molar-refractivity contribution in [3.8, 4) is 11.5 Å². The van der Waals surface area contributed by atoms with Crippen LogP contribution in [0.1, 0.15) is 129 Å². The van der Waals surface area contributed by atoms with E-state index in [4.69, 9.17) is 0 Å². The van der Waals surface area contributed by atoms with Gasteiger partial charge < -0.3 is 10.2 Å². The number of hydrogen-bond acceptors (Lipinski definition) is 4. The van der Waals surface area contributed by atoms with Crippen molar-refractivity contribution in [3.05, 3.63) is 57.6 Å². The van der Waals surface area contributed by atoms with Crippen molar-refractivity contribution in [2.45, 2.75) is 130 Å². The fourth-order valence-corrected chi connectivity index (χ4v) is 4.95. The molecule has 0 heterocycles. The van der Waals surface area contributed by atoms with Gasteiger partial charge in [-0.25, -0.2) is 0 Å². The van der Waals surface area contributed by atoms with E-state index in [0.29, 0.717) is 24.3 Å². The highest BCUT2D eigenvalue weighted by Crippen LogP contribution is 2.41. The summed E-state index contributed by atoms with van der Waals surface area (Å²) in [5.74, 6) is 0.220. The lowest BCUT2D eigenvalue weighted by Crippen LogP contribution is -2.43. The number of nitrogens with one attached hydrogen (secondary N) is 1. The van der Waals surface area contributed by atoms with E-state index in [0.717, 1.165) is 33.4 Å². The molecule has 0 saturated carbocycles. The normalized spacial score (nSPS) is 12.8. The van der Waals surface area contributed by atoms with E-state index >= 15 is 0 Å². The zero-order chi connectivity index (χ0) is 31.7. The van der Waals surface area contributed by atoms with Crippen molar-refractivity contribution in [1.82, 2.24) is 10.4 Å². The van der Waals surface area contributed by atoms with Gasteiger partial charge in [0.15, 0.2) is 0 Å². The number of phenols is 2. The number of carbonyl (C=O) groups excluding carboxylic acids is 2. The third-order valence-electron chi connectivity index (χ3n) is 7.51. The smallest absolute Gasteiger partial charge is 0.241 e. The van der Waals surface area contributed by atoms with Crippen molar-refractivity contribution in [2.75, 3.05) is 7.05 Å². The first-order valence-electron chi connectivity index (χ1n) is 14.7. The summed E-state index contributed by atoms with van der Waals surface area (Å²) >= 11 is 0. The van der Waals surface area contributed by atoms with Gasteiger partial charge in [-0.2, -0.15) is 0 Å². The Morgan fingerprint density at radius 2 is 0.902 bits per heavy atom. The molecular formula is C35H54N2O4. The van der Waals surface area contributed by atoms with E-state index in [1.54, 1.807) is 7.05 Å². The molecule has 0 unspecified atom stereocenters. The molecule has 0 aliphatic rings. The zero-order valence-electron chi connectivity index (χ0n) is 27.8. The van der Waals surface area contributed by atoms with Crippen LogP contribution in [0.2, 0.25) is 0 Å². The summed E-state index contributed by atoms with van der Waals surface area (Å²) in [6.45, 7) is 24.8. The Morgan fingerprint density at radius 1 is 0.610 bits per heavy atom. The lowest BCUT2D eigenvalue weighted by molar-refractivity contribution is -0.139. The largest absolute Gasteiger partial charge is 0.507 e. The number of nitrogens with zero attached hydrogens (tertiary/aromatic N) is 1. The lowest BCUT2D eigenvalue weighted by Gasteiger charge is -2.28. The molecule has 228 valence electrons. The molecular weight excluding hydrogens is 512 g/mol. The number of aryl methyl sites for hydroxylation is 2. The summed E-state index contributed by atoms with van der Waals surface area (Å²) in [5, 5.41) is 23.2. The molecule has 6 heteroatoms. The van der Waals surface area contributed by atoms with Crippen LogP contribution in [0.5, 0.6) is 11.5 Å². The third-order valence-corrected chi connectivity index (χ3v) is 7.51. The van der Waals surface area contributed by atoms with Crippen LogP contribution in [0.3, 0.4) is 0 Å². The van der Waals surface area contributed by atoms with Crippen LogP contribution in [0.25, 0.3) is 0 Å². The maximum Gasteiger partial charge on any atom is 0.241 e. The molecule has 2 rings (SSSR count). The van der Waals surface area contributed by atoms with Gasteiger partial charge in [-0.3, -0.25) is 20.0 Å². The van der Waals surface area contributed by atoms with Gasteiger partial charge >= 0.3 is 0 Å². The Bertz CT molecular complexity index is 1200. The first-order chi connectivity index (χ1) is 18.4. The van der Waals surface area contributed by atoms with Gasteiger partial charge in [0.1, 0.15) is 11.5 Å². The zero-order valence-corrected chi connectivity index (χ0v) is 27.8. The number of rotatable bonds is 6. The van der Waals surface area contributed by atoms with E-state index in [2.05, 4.69) is 88.5 Å². The molecule has 0 fully saturated rings. The van der Waals surface area contributed by atoms with Gasteiger partial charge in [0.05, 0.1) is 0 Å². The van der Waals surface area contributed by atoms with E-state index in [-0.39, 0.29) is 46.3 Å². The van der Waals surface area contributed by atoms with Crippen LogP contribution in [-0.4, -0.2) is 34.1 Å². The Kier molecular flexibility index (Phi) is 10.1. The second-order valence-corrected chi connectivity index (χ2v) is 15.6. The summed E-state index contributed by atoms with van der Waals surface area (Å²) in [4.78, 5) is 25.7. The molecule has 0 aliphatic heterocycles. The molecule has 0 aliphatic carbocycles. The molecule has 3 N–H and O–H groups in total. The molecule has 0 aromatic heterocycles. The number of amides is 2. The Hall–Kier alpha value is -3.02. The molecule has 41 heavy (non-hydrogen) atoms.